The van der Waals surface area contributed by atoms with Gasteiger partial charge in [-0.05, 0) is 43.0 Å². The lowest BCUT2D eigenvalue weighted by molar-refractivity contribution is 0.0955. The third kappa shape index (κ3) is 4.05. The first-order chi connectivity index (χ1) is 17.0. The maximum absolute atomic E-state index is 13.6. The summed E-state index contributed by atoms with van der Waals surface area (Å²) in [5.41, 5.74) is 3.10. The summed E-state index contributed by atoms with van der Waals surface area (Å²) in [6.07, 6.45) is 6.59. The molecule has 0 radical (unpaired) electrons. The zero-order chi connectivity index (χ0) is 24.5. The zero-order valence-electron chi connectivity index (χ0n) is 20.5. The molecular formula is C28H31N3O4. The van der Waals surface area contributed by atoms with E-state index in [4.69, 9.17) is 9.47 Å². The van der Waals surface area contributed by atoms with Crippen molar-refractivity contribution in [3.8, 4) is 11.5 Å². The minimum Gasteiger partial charge on any atom is -0.493 e. The van der Waals surface area contributed by atoms with Crippen LogP contribution in [0.5, 0.6) is 11.5 Å². The minimum atomic E-state index is -0.168. The lowest BCUT2D eigenvalue weighted by Gasteiger charge is -2.17. The van der Waals surface area contributed by atoms with Gasteiger partial charge in [0.15, 0.2) is 11.5 Å². The Hall–Kier alpha value is -3.74. The molecule has 1 saturated carbocycles. The van der Waals surface area contributed by atoms with Crippen LogP contribution in [0.1, 0.15) is 47.6 Å². The molecule has 4 aromatic rings. The number of hydrogen-bond acceptors (Lipinski definition) is 4. The molecular weight excluding hydrogens is 442 g/mol. The van der Waals surface area contributed by atoms with E-state index in [1.807, 2.05) is 54.1 Å². The van der Waals surface area contributed by atoms with Crippen LogP contribution in [-0.4, -0.2) is 35.8 Å². The van der Waals surface area contributed by atoms with Gasteiger partial charge in [-0.25, -0.2) is 0 Å². The van der Waals surface area contributed by atoms with Gasteiger partial charge in [-0.2, -0.15) is 0 Å². The van der Waals surface area contributed by atoms with Crippen LogP contribution in [0, 0.1) is 0 Å². The van der Waals surface area contributed by atoms with Gasteiger partial charge in [0.1, 0.15) is 5.52 Å². The Bertz CT molecular complexity index is 1460. The average molecular weight is 474 g/mol. The zero-order valence-corrected chi connectivity index (χ0v) is 20.5. The number of pyridine rings is 1. The lowest BCUT2D eigenvalue weighted by atomic mass is 10.1. The maximum Gasteiger partial charge on any atom is 0.275 e. The van der Waals surface area contributed by atoms with Crippen molar-refractivity contribution in [1.82, 2.24) is 14.5 Å². The number of methoxy groups -OCH3 is 2. The molecule has 1 aliphatic carbocycles. The smallest absolute Gasteiger partial charge is 0.275 e. The molecule has 1 N–H and O–H groups in total. The van der Waals surface area contributed by atoms with Gasteiger partial charge >= 0.3 is 0 Å². The molecule has 1 amide bonds. The second-order valence-corrected chi connectivity index (χ2v) is 9.19. The number of nitrogens with one attached hydrogen (secondary N) is 1. The maximum atomic E-state index is 13.6. The van der Waals surface area contributed by atoms with Gasteiger partial charge in [-0.15, -0.1) is 0 Å². The molecule has 5 rings (SSSR count). The summed E-state index contributed by atoms with van der Waals surface area (Å²) in [5, 5.41) is 4.73. The van der Waals surface area contributed by atoms with Gasteiger partial charge in [0.05, 0.1) is 19.8 Å². The van der Waals surface area contributed by atoms with E-state index in [2.05, 4.69) is 5.32 Å². The summed E-state index contributed by atoms with van der Waals surface area (Å²) in [7, 11) is 5.12. The van der Waals surface area contributed by atoms with E-state index in [1.165, 1.54) is 0 Å². The Labute approximate surface area is 204 Å². The number of para-hydroxylation sites is 1. The van der Waals surface area contributed by atoms with Crippen molar-refractivity contribution in [3.63, 3.8) is 0 Å². The van der Waals surface area contributed by atoms with Crippen molar-refractivity contribution in [2.75, 3.05) is 20.8 Å². The Kier molecular flexibility index (Phi) is 6.24. The molecule has 0 unspecified atom stereocenters. The first-order valence-electron chi connectivity index (χ1n) is 12.1. The number of aromatic nitrogens is 2. The first-order valence-corrected chi connectivity index (χ1v) is 12.1. The third-order valence-electron chi connectivity index (χ3n) is 7.19. The van der Waals surface area contributed by atoms with Crippen LogP contribution < -0.4 is 20.3 Å². The second-order valence-electron chi connectivity index (χ2n) is 9.19. The number of nitrogens with zero attached hydrogens (tertiary/aromatic N) is 2. The predicted octanol–water partition coefficient (Wildman–Crippen LogP) is 4.60. The van der Waals surface area contributed by atoms with Crippen LogP contribution >= 0.6 is 0 Å². The van der Waals surface area contributed by atoms with E-state index >= 15 is 0 Å². The van der Waals surface area contributed by atoms with E-state index in [0.29, 0.717) is 35.5 Å². The molecule has 0 atom stereocenters. The van der Waals surface area contributed by atoms with Crippen LogP contribution in [0.2, 0.25) is 0 Å². The van der Waals surface area contributed by atoms with Crippen LogP contribution in [-0.2, 0) is 13.5 Å². The van der Waals surface area contributed by atoms with E-state index in [-0.39, 0.29) is 17.5 Å². The number of ether oxygens (including phenoxy) is 2. The molecule has 2 heterocycles. The van der Waals surface area contributed by atoms with Crippen molar-refractivity contribution in [1.29, 1.82) is 0 Å². The highest BCUT2D eigenvalue weighted by Gasteiger charge is 2.25. The summed E-state index contributed by atoms with van der Waals surface area (Å²) in [6.45, 7) is 0.461. The number of carbonyl (C=O) groups excluding carboxylic acids is 1. The summed E-state index contributed by atoms with van der Waals surface area (Å²) in [5.74, 6) is 1.17. The fraction of sp³-hybridized carbons (Fsp3) is 0.357. The monoisotopic (exact) mass is 473 g/mol. The summed E-state index contributed by atoms with van der Waals surface area (Å²) >= 11 is 0. The SMILES string of the molecule is COc1ccc(CCNC(=O)c2cn(C3CCCC3)c(=O)c3c2c2ccccc2n3C)cc1OC. The molecule has 0 spiro atoms. The quantitative estimate of drug-likeness (QED) is 0.426. The molecule has 0 aliphatic heterocycles. The minimum absolute atomic E-state index is 0.0209. The number of amides is 1. The second kappa shape index (κ2) is 9.49. The van der Waals surface area contributed by atoms with Crippen LogP contribution in [0.3, 0.4) is 0 Å². The normalized spacial score (nSPS) is 14.0. The largest absolute Gasteiger partial charge is 0.493 e. The van der Waals surface area contributed by atoms with Gasteiger partial charge in [-0.1, -0.05) is 37.1 Å². The fourth-order valence-corrected chi connectivity index (χ4v) is 5.38. The Morgan fingerprint density at radius 3 is 2.54 bits per heavy atom. The van der Waals surface area contributed by atoms with Gasteiger partial charge in [0.2, 0.25) is 0 Å². The number of benzene rings is 2. The number of rotatable bonds is 7. The third-order valence-corrected chi connectivity index (χ3v) is 7.19. The topological polar surface area (TPSA) is 74.5 Å². The highest BCUT2D eigenvalue weighted by molar-refractivity contribution is 6.17. The van der Waals surface area contributed by atoms with E-state index in [0.717, 1.165) is 47.5 Å². The Morgan fingerprint density at radius 2 is 1.80 bits per heavy atom. The van der Waals surface area contributed by atoms with Gasteiger partial charge in [0, 0.05) is 42.1 Å². The molecule has 7 nitrogen and oxygen atoms in total. The molecule has 7 heteroatoms. The molecule has 2 aromatic heterocycles. The average Bonchev–Trinajstić information content (AvgIpc) is 3.52. The summed E-state index contributed by atoms with van der Waals surface area (Å²) < 4.78 is 14.4. The number of aryl methyl sites for hydroxylation is 1. The molecule has 1 aliphatic rings. The molecule has 35 heavy (non-hydrogen) atoms. The number of fused-ring (bicyclic) bond motifs is 3. The van der Waals surface area contributed by atoms with E-state index in [1.54, 1.807) is 25.0 Å². The van der Waals surface area contributed by atoms with E-state index < -0.39 is 0 Å². The van der Waals surface area contributed by atoms with Crippen LogP contribution in [0.15, 0.2) is 53.5 Å². The summed E-state index contributed by atoms with van der Waals surface area (Å²) in [4.78, 5) is 27.1. The van der Waals surface area contributed by atoms with Crippen molar-refractivity contribution in [2.45, 2.75) is 38.1 Å². The highest BCUT2D eigenvalue weighted by atomic mass is 16.5. The summed E-state index contributed by atoms with van der Waals surface area (Å²) in [6, 6.07) is 13.8. The molecule has 0 bridgehead atoms. The highest BCUT2D eigenvalue weighted by Crippen LogP contribution is 2.33. The molecule has 1 fully saturated rings. The number of hydrogen-bond donors (Lipinski definition) is 1. The molecule has 2 aromatic carbocycles. The van der Waals surface area contributed by atoms with Gasteiger partial charge < -0.3 is 23.9 Å². The van der Waals surface area contributed by atoms with Gasteiger partial charge in [-0.3, -0.25) is 9.59 Å². The Balaban J connectivity index is 1.50. The van der Waals surface area contributed by atoms with Gasteiger partial charge in [0.25, 0.3) is 11.5 Å². The van der Waals surface area contributed by atoms with Crippen molar-refractivity contribution >= 4 is 27.7 Å². The fourth-order valence-electron chi connectivity index (χ4n) is 5.38. The standard InChI is InChI=1S/C28H31N3O4/c1-30-22-11-7-6-10-20(22)25-21(17-31(28(33)26(25)30)19-8-4-5-9-19)27(32)29-15-14-18-12-13-23(34-2)24(16-18)35-3/h6-7,10-13,16-17,19H,4-5,8-9,14-15H2,1-3H3,(H,29,32). The lowest BCUT2D eigenvalue weighted by Crippen LogP contribution is -2.30. The number of carbonyl (C=O) groups is 1. The molecule has 0 saturated heterocycles. The van der Waals surface area contributed by atoms with Crippen molar-refractivity contribution in [2.24, 2.45) is 7.05 Å². The van der Waals surface area contributed by atoms with Crippen molar-refractivity contribution < 1.29 is 14.3 Å². The first kappa shape index (κ1) is 23.0. The van der Waals surface area contributed by atoms with Crippen LogP contribution in [0.4, 0.5) is 0 Å². The predicted molar refractivity (Wildman–Crippen MR) is 138 cm³/mol. The van der Waals surface area contributed by atoms with Crippen LogP contribution in [0.25, 0.3) is 21.8 Å². The van der Waals surface area contributed by atoms with E-state index in [9.17, 15) is 9.59 Å². The Morgan fingerprint density at radius 1 is 1.06 bits per heavy atom. The van der Waals surface area contributed by atoms with Crippen molar-refractivity contribution in [3.05, 3.63) is 70.1 Å². The molecule has 182 valence electrons.